The van der Waals surface area contributed by atoms with E-state index in [2.05, 4.69) is 4.98 Å². The predicted molar refractivity (Wildman–Crippen MR) is 94.1 cm³/mol. The lowest BCUT2D eigenvalue weighted by Crippen LogP contribution is -2.43. The van der Waals surface area contributed by atoms with Gasteiger partial charge in [0.15, 0.2) is 0 Å². The zero-order valence-corrected chi connectivity index (χ0v) is 14.6. The molecule has 1 amide bonds. The van der Waals surface area contributed by atoms with Gasteiger partial charge in [-0.05, 0) is 24.0 Å². The summed E-state index contributed by atoms with van der Waals surface area (Å²) >= 11 is 2.94. The molecule has 7 heteroatoms. The van der Waals surface area contributed by atoms with Crippen LogP contribution in [0.15, 0.2) is 35.8 Å². The monoisotopic (exact) mass is 350 g/mol. The summed E-state index contributed by atoms with van der Waals surface area (Å²) in [6.07, 6.45) is 2.32. The second-order valence-electron chi connectivity index (χ2n) is 4.95. The van der Waals surface area contributed by atoms with E-state index in [4.69, 9.17) is 0 Å². The number of benzene rings is 1. The molecule has 1 atom stereocenters. The molecule has 2 aromatic rings. The fourth-order valence-corrected chi connectivity index (χ4v) is 3.46. The van der Waals surface area contributed by atoms with E-state index in [1.165, 1.54) is 23.3 Å². The number of rotatable bonds is 7. The normalized spacial score (nSPS) is 11.9. The highest BCUT2D eigenvalue weighted by atomic mass is 32.2. The Kier molecular flexibility index (Phi) is 6.18. The van der Waals surface area contributed by atoms with Crippen LogP contribution in [0, 0.1) is 0 Å². The minimum absolute atomic E-state index is 0.305. The Morgan fingerprint density at radius 3 is 2.65 bits per heavy atom. The quantitative estimate of drug-likeness (QED) is 0.831. The predicted octanol–water partition coefficient (Wildman–Crippen LogP) is 3.09. The van der Waals surface area contributed by atoms with E-state index in [9.17, 15) is 14.7 Å². The molecular formula is C16H18N2O3S2. The van der Waals surface area contributed by atoms with Crippen LogP contribution < -0.4 is 0 Å². The molecular weight excluding hydrogens is 332 g/mol. The zero-order chi connectivity index (χ0) is 16.8. The smallest absolute Gasteiger partial charge is 0.326 e. The van der Waals surface area contributed by atoms with Gasteiger partial charge < -0.3 is 10.0 Å². The summed E-state index contributed by atoms with van der Waals surface area (Å²) in [5.41, 5.74) is 2.82. The highest BCUT2D eigenvalue weighted by Crippen LogP contribution is 2.28. The first-order valence-electron chi connectivity index (χ1n) is 7.04. The first-order chi connectivity index (χ1) is 11.1. The molecule has 1 N–H and O–H groups in total. The third-order valence-corrected chi connectivity index (χ3v) is 4.99. The van der Waals surface area contributed by atoms with Gasteiger partial charge in [0.05, 0.1) is 10.4 Å². The van der Waals surface area contributed by atoms with Crippen molar-refractivity contribution in [2.75, 3.05) is 19.1 Å². The highest BCUT2D eigenvalue weighted by molar-refractivity contribution is 7.98. The van der Waals surface area contributed by atoms with Crippen molar-refractivity contribution in [2.24, 2.45) is 0 Å². The van der Waals surface area contributed by atoms with E-state index in [1.54, 1.807) is 17.3 Å². The SMILES string of the molecule is CSCC[C@@H](C(=O)O)N(C)C(=O)c1ncsc1-c1ccccc1. The van der Waals surface area contributed by atoms with Crippen LogP contribution in [-0.4, -0.2) is 52.0 Å². The van der Waals surface area contributed by atoms with Gasteiger partial charge in [-0.15, -0.1) is 11.3 Å². The average molecular weight is 350 g/mol. The minimum atomic E-state index is -0.994. The molecule has 0 saturated carbocycles. The molecule has 0 fully saturated rings. The van der Waals surface area contributed by atoms with Crippen LogP contribution in [0.3, 0.4) is 0 Å². The topological polar surface area (TPSA) is 70.5 Å². The number of nitrogens with zero attached hydrogens (tertiary/aromatic N) is 2. The lowest BCUT2D eigenvalue weighted by Gasteiger charge is -2.24. The molecule has 2 rings (SSSR count). The van der Waals surface area contributed by atoms with Crippen molar-refractivity contribution >= 4 is 35.0 Å². The molecule has 1 heterocycles. The average Bonchev–Trinajstić information content (AvgIpc) is 3.04. The van der Waals surface area contributed by atoms with Gasteiger partial charge in [0, 0.05) is 7.05 Å². The second kappa shape index (κ2) is 8.12. The number of amides is 1. The number of carboxylic acid groups (broad SMARTS) is 1. The Morgan fingerprint density at radius 1 is 1.35 bits per heavy atom. The Bertz CT molecular complexity index is 673. The van der Waals surface area contributed by atoms with Crippen molar-refractivity contribution in [3.63, 3.8) is 0 Å². The fraction of sp³-hybridized carbons (Fsp3) is 0.312. The molecule has 23 heavy (non-hydrogen) atoms. The van der Waals surface area contributed by atoms with Gasteiger partial charge in [-0.1, -0.05) is 30.3 Å². The number of hydrogen-bond donors (Lipinski definition) is 1. The molecule has 0 spiro atoms. The first kappa shape index (κ1) is 17.5. The number of thioether (sulfide) groups is 1. The number of carbonyl (C=O) groups is 2. The van der Waals surface area contributed by atoms with Crippen molar-refractivity contribution in [1.29, 1.82) is 0 Å². The van der Waals surface area contributed by atoms with Gasteiger partial charge in [0.2, 0.25) is 0 Å². The number of thiazole rings is 1. The summed E-state index contributed by atoms with van der Waals surface area (Å²) in [6.45, 7) is 0. The van der Waals surface area contributed by atoms with Crippen molar-refractivity contribution in [3.8, 4) is 10.4 Å². The number of likely N-dealkylation sites (N-methyl/N-ethyl adjacent to an activating group) is 1. The first-order valence-corrected chi connectivity index (χ1v) is 9.31. The summed E-state index contributed by atoms with van der Waals surface area (Å²) in [5, 5.41) is 9.38. The van der Waals surface area contributed by atoms with E-state index in [1.807, 2.05) is 36.6 Å². The van der Waals surface area contributed by atoms with Crippen LogP contribution in [0.5, 0.6) is 0 Å². The van der Waals surface area contributed by atoms with Gasteiger partial charge in [0.25, 0.3) is 5.91 Å². The van der Waals surface area contributed by atoms with Crippen molar-refractivity contribution in [2.45, 2.75) is 12.5 Å². The third-order valence-electron chi connectivity index (χ3n) is 3.47. The number of carbonyl (C=O) groups excluding carboxylic acids is 1. The fourth-order valence-electron chi connectivity index (χ4n) is 2.21. The zero-order valence-electron chi connectivity index (χ0n) is 12.9. The van der Waals surface area contributed by atoms with Crippen LogP contribution in [0.25, 0.3) is 10.4 Å². The summed E-state index contributed by atoms with van der Waals surface area (Å²) in [6, 6.07) is 8.66. The Hall–Kier alpha value is -1.86. The maximum Gasteiger partial charge on any atom is 0.326 e. The lowest BCUT2D eigenvalue weighted by atomic mass is 10.1. The van der Waals surface area contributed by atoms with E-state index in [0.717, 1.165) is 10.4 Å². The van der Waals surface area contributed by atoms with E-state index < -0.39 is 12.0 Å². The molecule has 0 saturated heterocycles. The Balaban J connectivity index is 2.26. The van der Waals surface area contributed by atoms with E-state index in [0.29, 0.717) is 17.9 Å². The Morgan fingerprint density at radius 2 is 2.04 bits per heavy atom. The molecule has 0 aliphatic heterocycles. The van der Waals surface area contributed by atoms with Crippen molar-refractivity contribution < 1.29 is 14.7 Å². The van der Waals surface area contributed by atoms with E-state index in [-0.39, 0.29) is 5.91 Å². The standard InChI is InChI=1S/C16H18N2O3S2/c1-18(12(16(20)21)8-9-22-2)15(19)13-14(23-10-17-13)11-6-4-3-5-7-11/h3-7,10,12H,8-9H2,1-2H3,(H,20,21)/t12-/m0/s1. The maximum absolute atomic E-state index is 12.7. The summed E-state index contributed by atoms with van der Waals surface area (Å²) in [4.78, 5) is 30.4. The highest BCUT2D eigenvalue weighted by Gasteiger charge is 2.29. The summed E-state index contributed by atoms with van der Waals surface area (Å²) < 4.78 is 0. The van der Waals surface area contributed by atoms with Gasteiger partial charge in [-0.2, -0.15) is 11.8 Å². The molecule has 1 aromatic carbocycles. The van der Waals surface area contributed by atoms with Crippen LogP contribution >= 0.6 is 23.1 Å². The van der Waals surface area contributed by atoms with Crippen molar-refractivity contribution in [3.05, 3.63) is 41.5 Å². The number of hydrogen-bond acceptors (Lipinski definition) is 5. The molecule has 5 nitrogen and oxygen atoms in total. The molecule has 0 radical (unpaired) electrons. The molecule has 0 aliphatic carbocycles. The van der Waals surface area contributed by atoms with Crippen LogP contribution in [0.4, 0.5) is 0 Å². The van der Waals surface area contributed by atoms with Gasteiger partial charge in [0.1, 0.15) is 11.7 Å². The largest absolute Gasteiger partial charge is 0.480 e. The van der Waals surface area contributed by atoms with Gasteiger partial charge in [-0.25, -0.2) is 9.78 Å². The van der Waals surface area contributed by atoms with Crippen molar-refractivity contribution in [1.82, 2.24) is 9.88 Å². The van der Waals surface area contributed by atoms with E-state index >= 15 is 0 Å². The lowest BCUT2D eigenvalue weighted by molar-refractivity contribution is -0.142. The Labute approximate surface area is 143 Å². The molecule has 122 valence electrons. The summed E-state index contributed by atoms with van der Waals surface area (Å²) in [5.74, 6) is -0.679. The second-order valence-corrected chi connectivity index (χ2v) is 6.79. The molecule has 0 unspecified atom stereocenters. The molecule has 1 aromatic heterocycles. The van der Waals surface area contributed by atoms with Gasteiger partial charge >= 0.3 is 5.97 Å². The molecule has 0 aliphatic rings. The van der Waals surface area contributed by atoms with Gasteiger partial charge in [-0.3, -0.25) is 4.79 Å². The number of aromatic nitrogens is 1. The third kappa shape index (κ3) is 4.11. The minimum Gasteiger partial charge on any atom is -0.480 e. The number of carboxylic acids is 1. The van der Waals surface area contributed by atoms with Crippen LogP contribution in [-0.2, 0) is 4.79 Å². The number of aliphatic carboxylic acids is 1. The molecule has 0 bridgehead atoms. The van der Waals surface area contributed by atoms with Crippen LogP contribution in [0.1, 0.15) is 16.9 Å². The summed E-state index contributed by atoms with van der Waals surface area (Å²) in [7, 11) is 1.52. The van der Waals surface area contributed by atoms with Crippen LogP contribution in [0.2, 0.25) is 0 Å². The maximum atomic E-state index is 12.7.